The average molecular weight is 316 g/mol. The first-order valence-electron chi connectivity index (χ1n) is 5.57. The molecule has 9 heteroatoms. The number of rotatable bonds is 1. The number of halogens is 4. The number of oxazole rings is 1. The predicted octanol–water partition coefficient (Wildman–Crippen LogP) is 3.25. The molecule has 3 rings (SSSR count). The molecule has 0 amide bonds. The minimum atomic E-state index is -4.62. The van der Waals surface area contributed by atoms with Gasteiger partial charge in [-0.05, 0) is 12.1 Å². The van der Waals surface area contributed by atoms with Crippen molar-refractivity contribution in [3.05, 3.63) is 45.8 Å². The zero-order valence-corrected chi connectivity index (χ0v) is 10.8. The Bertz CT molecular complexity index is 868. The number of hydrogen-bond donors (Lipinski definition) is 1. The Morgan fingerprint density at radius 3 is 2.57 bits per heavy atom. The van der Waals surface area contributed by atoms with Gasteiger partial charge in [0.1, 0.15) is 10.7 Å². The van der Waals surface area contributed by atoms with Crippen molar-refractivity contribution in [2.24, 2.45) is 0 Å². The van der Waals surface area contributed by atoms with Crippen LogP contribution in [0, 0.1) is 0 Å². The number of hydrogen-bond acceptors (Lipinski definition) is 4. The molecule has 21 heavy (non-hydrogen) atoms. The number of aromatic amines is 1. The van der Waals surface area contributed by atoms with E-state index >= 15 is 0 Å². The molecule has 0 spiro atoms. The van der Waals surface area contributed by atoms with E-state index < -0.39 is 23.0 Å². The van der Waals surface area contributed by atoms with Gasteiger partial charge >= 0.3 is 11.9 Å². The van der Waals surface area contributed by atoms with Crippen molar-refractivity contribution >= 4 is 22.7 Å². The highest BCUT2D eigenvalue weighted by Gasteiger charge is 2.34. The molecule has 1 aromatic carbocycles. The lowest BCUT2D eigenvalue weighted by Gasteiger charge is -2.08. The Balaban J connectivity index is 2.31. The van der Waals surface area contributed by atoms with E-state index in [1.54, 1.807) is 0 Å². The summed E-state index contributed by atoms with van der Waals surface area (Å²) in [5.41, 5.74) is -1.20. The van der Waals surface area contributed by atoms with E-state index in [0.717, 1.165) is 6.07 Å². The van der Waals surface area contributed by atoms with Crippen LogP contribution in [-0.4, -0.2) is 15.0 Å². The summed E-state index contributed by atoms with van der Waals surface area (Å²) >= 11 is 5.60. The van der Waals surface area contributed by atoms with Gasteiger partial charge in [0.25, 0.3) is 0 Å². The van der Waals surface area contributed by atoms with Gasteiger partial charge in [-0.1, -0.05) is 11.6 Å². The number of nitrogens with zero attached hydrogens (tertiary/aromatic N) is 2. The van der Waals surface area contributed by atoms with Crippen LogP contribution < -0.4 is 5.76 Å². The van der Waals surface area contributed by atoms with E-state index in [9.17, 15) is 18.0 Å². The summed E-state index contributed by atoms with van der Waals surface area (Å²) in [6.07, 6.45) is -2.10. The standard InChI is InChI=1S/C12H5ClF3N3O2/c13-8-4-17-7(3-18-8)5-1-2-6(12(14,15)16)9-10(5)21-11(20)19-9/h1-4H,(H,19,20). The van der Waals surface area contributed by atoms with Gasteiger partial charge in [-0.15, -0.1) is 0 Å². The Hall–Kier alpha value is -2.35. The lowest BCUT2D eigenvalue weighted by molar-refractivity contribution is -0.136. The van der Waals surface area contributed by atoms with Crippen LogP contribution in [0.15, 0.2) is 33.7 Å². The van der Waals surface area contributed by atoms with Crippen molar-refractivity contribution < 1.29 is 17.6 Å². The highest BCUT2D eigenvalue weighted by molar-refractivity contribution is 6.29. The molecule has 2 aromatic heterocycles. The summed E-state index contributed by atoms with van der Waals surface area (Å²) in [7, 11) is 0. The molecule has 0 bridgehead atoms. The lowest BCUT2D eigenvalue weighted by atomic mass is 10.1. The van der Waals surface area contributed by atoms with Crippen molar-refractivity contribution in [1.82, 2.24) is 15.0 Å². The first-order valence-corrected chi connectivity index (χ1v) is 5.95. The number of H-pyrrole nitrogens is 1. The molecular formula is C12H5ClF3N3O2. The summed E-state index contributed by atoms with van der Waals surface area (Å²) in [4.78, 5) is 21.0. The first-order chi connectivity index (χ1) is 9.86. The van der Waals surface area contributed by atoms with E-state index in [0.29, 0.717) is 0 Å². The molecule has 2 heterocycles. The van der Waals surface area contributed by atoms with Gasteiger partial charge in [-0.2, -0.15) is 13.2 Å². The van der Waals surface area contributed by atoms with Gasteiger partial charge in [0.2, 0.25) is 0 Å². The second-order valence-corrected chi connectivity index (χ2v) is 4.49. The monoisotopic (exact) mass is 315 g/mol. The smallest absolute Gasteiger partial charge is 0.407 e. The maximum Gasteiger partial charge on any atom is 0.418 e. The number of aromatic nitrogens is 3. The van der Waals surface area contributed by atoms with E-state index in [1.165, 1.54) is 18.5 Å². The van der Waals surface area contributed by atoms with Crippen LogP contribution in [-0.2, 0) is 6.18 Å². The number of fused-ring (bicyclic) bond motifs is 1. The Morgan fingerprint density at radius 1 is 1.19 bits per heavy atom. The van der Waals surface area contributed by atoms with E-state index in [4.69, 9.17) is 16.0 Å². The molecule has 0 fully saturated rings. The van der Waals surface area contributed by atoms with Crippen molar-refractivity contribution in [3.8, 4) is 11.3 Å². The summed E-state index contributed by atoms with van der Waals surface area (Å²) in [5.74, 6) is -0.982. The molecule has 0 unspecified atom stereocenters. The van der Waals surface area contributed by atoms with Crippen LogP contribution in [0.5, 0.6) is 0 Å². The topological polar surface area (TPSA) is 71.8 Å². The molecule has 0 aliphatic carbocycles. The lowest BCUT2D eigenvalue weighted by Crippen LogP contribution is -2.06. The highest BCUT2D eigenvalue weighted by atomic mass is 35.5. The predicted molar refractivity (Wildman–Crippen MR) is 67.9 cm³/mol. The van der Waals surface area contributed by atoms with Gasteiger partial charge in [0.05, 0.1) is 23.7 Å². The van der Waals surface area contributed by atoms with Crippen LogP contribution in [0.25, 0.3) is 22.4 Å². The van der Waals surface area contributed by atoms with Crippen molar-refractivity contribution in [1.29, 1.82) is 0 Å². The second kappa shape index (κ2) is 4.59. The second-order valence-electron chi connectivity index (χ2n) is 4.10. The zero-order chi connectivity index (χ0) is 15.2. The quantitative estimate of drug-likeness (QED) is 0.748. The van der Waals surface area contributed by atoms with Gasteiger partial charge in [-0.3, -0.25) is 9.97 Å². The largest absolute Gasteiger partial charge is 0.418 e. The molecular weight excluding hydrogens is 311 g/mol. The van der Waals surface area contributed by atoms with Gasteiger partial charge in [0, 0.05) is 5.56 Å². The minimum absolute atomic E-state index is 0.137. The third kappa shape index (κ3) is 2.38. The third-order valence-corrected chi connectivity index (χ3v) is 2.98. The molecule has 1 N–H and O–H groups in total. The summed E-state index contributed by atoms with van der Waals surface area (Å²) in [6, 6.07) is 2.01. The van der Waals surface area contributed by atoms with E-state index in [2.05, 4.69) is 9.97 Å². The van der Waals surface area contributed by atoms with Crippen LogP contribution in [0.2, 0.25) is 5.15 Å². The summed E-state index contributed by atoms with van der Waals surface area (Å²) < 4.78 is 43.5. The third-order valence-electron chi connectivity index (χ3n) is 2.78. The molecule has 108 valence electrons. The Labute approximate surface area is 119 Å². The van der Waals surface area contributed by atoms with Crippen LogP contribution >= 0.6 is 11.6 Å². The van der Waals surface area contributed by atoms with Crippen LogP contribution in [0.1, 0.15) is 5.56 Å². The Morgan fingerprint density at radius 2 is 1.95 bits per heavy atom. The van der Waals surface area contributed by atoms with E-state index in [1.807, 2.05) is 4.98 Å². The first kappa shape index (κ1) is 13.6. The van der Waals surface area contributed by atoms with Crippen molar-refractivity contribution in [2.75, 3.05) is 0 Å². The average Bonchev–Trinajstić information content (AvgIpc) is 2.78. The number of nitrogens with one attached hydrogen (secondary N) is 1. The van der Waals surface area contributed by atoms with E-state index in [-0.39, 0.29) is 22.0 Å². The van der Waals surface area contributed by atoms with Crippen LogP contribution in [0.4, 0.5) is 13.2 Å². The molecule has 0 aliphatic rings. The molecule has 0 saturated carbocycles. The summed E-state index contributed by atoms with van der Waals surface area (Å²) in [5, 5.41) is 0.137. The van der Waals surface area contributed by atoms with Gasteiger partial charge in [0.15, 0.2) is 5.58 Å². The fourth-order valence-corrected chi connectivity index (χ4v) is 2.02. The van der Waals surface area contributed by atoms with Gasteiger partial charge < -0.3 is 4.42 Å². The zero-order valence-electron chi connectivity index (χ0n) is 10.0. The highest BCUT2D eigenvalue weighted by Crippen LogP contribution is 2.37. The molecule has 0 aliphatic heterocycles. The number of benzene rings is 1. The minimum Gasteiger partial charge on any atom is -0.407 e. The molecule has 0 atom stereocenters. The number of alkyl halides is 3. The summed E-state index contributed by atoms with van der Waals surface area (Å²) in [6.45, 7) is 0. The maximum atomic E-state index is 12.9. The Kier molecular flexibility index (Phi) is 2.98. The maximum absolute atomic E-state index is 12.9. The van der Waals surface area contributed by atoms with Gasteiger partial charge in [-0.25, -0.2) is 9.78 Å². The fraction of sp³-hybridized carbons (Fsp3) is 0.0833. The normalized spacial score (nSPS) is 12.0. The fourth-order valence-electron chi connectivity index (χ4n) is 1.92. The molecule has 5 nitrogen and oxygen atoms in total. The molecule has 3 aromatic rings. The molecule has 0 radical (unpaired) electrons. The van der Waals surface area contributed by atoms with Crippen molar-refractivity contribution in [2.45, 2.75) is 6.18 Å². The SMILES string of the molecule is O=c1[nH]c2c(C(F)(F)F)ccc(-c3cnc(Cl)cn3)c2o1. The van der Waals surface area contributed by atoms with Crippen LogP contribution in [0.3, 0.4) is 0 Å². The van der Waals surface area contributed by atoms with Crippen molar-refractivity contribution in [3.63, 3.8) is 0 Å². The molecule has 0 saturated heterocycles.